The number of hydrogen-bond donors (Lipinski definition) is 0. The number of nitrogens with zero attached hydrogens (tertiary/aromatic N) is 1. The van der Waals surface area contributed by atoms with Crippen LogP contribution in [0.2, 0.25) is 0 Å². The Morgan fingerprint density at radius 2 is 1.88 bits per heavy atom. The molecule has 1 saturated carbocycles. The summed E-state index contributed by atoms with van der Waals surface area (Å²) in [5.41, 5.74) is 1.36. The second-order valence-corrected chi connectivity index (χ2v) is 7.63. The van der Waals surface area contributed by atoms with Gasteiger partial charge >= 0.3 is 0 Å². The zero-order valence-corrected chi connectivity index (χ0v) is 15.0. The molecule has 0 bridgehead atoms. The molecule has 0 unspecified atom stereocenters. The first-order chi connectivity index (χ1) is 11.7. The van der Waals surface area contributed by atoms with E-state index < -0.39 is 0 Å². The van der Waals surface area contributed by atoms with E-state index in [1.807, 2.05) is 0 Å². The number of rotatable bonds is 6. The summed E-state index contributed by atoms with van der Waals surface area (Å²) in [5.74, 6) is 2.80. The van der Waals surface area contributed by atoms with Crippen molar-refractivity contribution in [3.05, 3.63) is 29.8 Å². The number of carbonyl (C=O) groups excluding carboxylic acids is 1. The summed E-state index contributed by atoms with van der Waals surface area (Å²) in [4.78, 5) is 13.9. The van der Waals surface area contributed by atoms with Gasteiger partial charge < -0.3 is 9.64 Å². The van der Waals surface area contributed by atoms with Crippen LogP contribution in [0.25, 0.3) is 0 Å². The minimum atomic E-state index is 0.425. The van der Waals surface area contributed by atoms with Gasteiger partial charge in [-0.3, -0.25) is 4.79 Å². The van der Waals surface area contributed by atoms with Gasteiger partial charge in [0, 0.05) is 25.9 Å². The molecule has 3 rings (SSSR count). The van der Waals surface area contributed by atoms with Crippen molar-refractivity contribution in [2.24, 2.45) is 5.92 Å². The number of hydrogen-bond acceptors (Lipinski definition) is 3. The Labute approximate surface area is 146 Å². The highest BCUT2D eigenvalue weighted by Crippen LogP contribution is 2.32. The molecule has 132 valence electrons. The zero-order valence-electron chi connectivity index (χ0n) is 15.0. The third-order valence-corrected chi connectivity index (χ3v) is 5.52. The highest BCUT2D eigenvalue weighted by atomic mass is 16.5. The molecule has 1 aromatic carbocycles. The van der Waals surface area contributed by atoms with E-state index in [2.05, 4.69) is 36.1 Å². The van der Waals surface area contributed by atoms with Crippen LogP contribution in [-0.4, -0.2) is 36.9 Å². The van der Waals surface area contributed by atoms with Crippen molar-refractivity contribution < 1.29 is 9.53 Å². The smallest absolute Gasteiger partial charge is 0.132 e. The molecule has 24 heavy (non-hydrogen) atoms. The Hall–Kier alpha value is -1.35. The second-order valence-electron chi connectivity index (χ2n) is 7.63. The average molecular weight is 329 g/mol. The first-order valence-corrected chi connectivity index (χ1v) is 9.67. The van der Waals surface area contributed by atoms with E-state index in [9.17, 15) is 4.79 Å². The Bertz CT molecular complexity index is 515. The second kappa shape index (κ2) is 8.66. The van der Waals surface area contributed by atoms with Crippen LogP contribution in [0.5, 0.6) is 5.75 Å². The fourth-order valence-corrected chi connectivity index (χ4v) is 4.08. The molecule has 1 aromatic rings. The standard InChI is InChI=1S/C21H31NO2/c1-17-4-2-13-22(16-17)14-3-15-24-21-11-7-19(8-12-21)18-5-9-20(23)10-6-18/h7-8,11-12,17-18H,2-6,9-10,13-16H2,1H3/t17-/m0/s1. The van der Waals surface area contributed by atoms with Gasteiger partial charge in [0.2, 0.25) is 0 Å². The summed E-state index contributed by atoms with van der Waals surface area (Å²) in [5, 5.41) is 0. The van der Waals surface area contributed by atoms with Crippen LogP contribution >= 0.6 is 0 Å². The van der Waals surface area contributed by atoms with E-state index >= 15 is 0 Å². The largest absolute Gasteiger partial charge is 0.494 e. The fraction of sp³-hybridized carbons (Fsp3) is 0.667. The van der Waals surface area contributed by atoms with Crippen LogP contribution in [0.3, 0.4) is 0 Å². The van der Waals surface area contributed by atoms with Gasteiger partial charge in [-0.1, -0.05) is 19.1 Å². The Morgan fingerprint density at radius 1 is 1.12 bits per heavy atom. The van der Waals surface area contributed by atoms with Gasteiger partial charge in [-0.05, 0) is 68.2 Å². The first kappa shape index (κ1) is 17.5. The fourth-order valence-electron chi connectivity index (χ4n) is 4.08. The molecule has 2 fully saturated rings. The maximum atomic E-state index is 11.3. The quantitative estimate of drug-likeness (QED) is 0.724. The van der Waals surface area contributed by atoms with Crippen molar-refractivity contribution in [2.45, 2.75) is 57.8 Å². The summed E-state index contributed by atoms with van der Waals surface area (Å²) >= 11 is 0. The number of piperidine rings is 1. The topological polar surface area (TPSA) is 29.5 Å². The number of likely N-dealkylation sites (tertiary alicyclic amines) is 1. The monoisotopic (exact) mass is 329 g/mol. The van der Waals surface area contributed by atoms with E-state index in [0.29, 0.717) is 11.7 Å². The van der Waals surface area contributed by atoms with Crippen LogP contribution in [-0.2, 0) is 4.79 Å². The van der Waals surface area contributed by atoms with E-state index in [1.165, 1.54) is 31.5 Å². The predicted molar refractivity (Wildman–Crippen MR) is 97.6 cm³/mol. The minimum Gasteiger partial charge on any atom is -0.494 e. The molecular formula is C21H31NO2. The molecule has 1 aliphatic heterocycles. The highest BCUT2D eigenvalue weighted by molar-refractivity contribution is 5.79. The average Bonchev–Trinajstić information content (AvgIpc) is 2.60. The van der Waals surface area contributed by atoms with Crippen LogP contribution < -0.4 is 4.74 Å². The molecule has 2 aliphatic rings. The molecule has 1 heterocycles. The van der Waals surface area contributed by atoms with Crippen LogP contribution in [0.4, 0.5) is 0 Å². The molecular weight excluding hydrogens is 298 g/mol. The lowest BCUT2D eigenvalue weighted by molar-refractivity contribution is -0.120. The molecule has 1 aliphatic carbocycles. The molecule has 0 N–H and O–H groups in total. The van der Waals surface area contributed by atoms with Crippen molar-refractivity contribution in [2.75, 3.05) is 26.2 Å². The molecule has 0 amide bonds. The summed E-state index contributed by atoms with van der Waals surface area (Å²) in [6.45, 7) is 6.80. The Kier molecular flexibility index (Phi) is 6.30. The van der Waals surface area contributed by atoms with Gasteiger partial charge in [0.25, 0.3) is 0 Å². The predicted octanol–water partition coefficient (Wildman–Crippen LogP) is 4.41. The molecule has 0 spiro atoms. The van der Waals surface area contributed by atoms with Crippen LogP contribution in [0.1, 0.15) is 63.4 Å². The van der Waals surface area contributed by atoms with E-state index in [4.69, 9.17) is 4.74 Å². The summed E-state index contributed by atoms with van der Waals surface area (Å²) in [6, 6.07) is 8.55. The lowest BCUT2D eigenvalue weighted by Gasteiger charge is -2.30. The number of carbonyl (C=O) groups is 1. The van der Waals surface area contributed by atoms with Crippen LogP contribution in [0.15, 0.2) is 24.3 Å². The Morgan fingerprint density at radius 3 is 2.58 bits per heavy atom. The zero-order chi connectivity index (χ0) is 16.8. The SMILES string of the molecule is C[C@H]1CCCN(CCCOc2ccc(C3CCC(=O)CC3)cc2)C1. The number of Topliss-reactive ketones (excluding diaryl/α,β-unsaturated/α-hetero) is 1. The maximum absolute atomic E-state index is 11.3. The third-order valence-electron chi connectivity index (χ3n) is 5.52. The van der Waals surface area contributed by atoms with E-state index in [0.717, 1.165) is 56.9 Å². The molecule has 1 atom stereocenters. The molecule has 3 heteroatoms. The normalized spacial score (nSPS) is 23.4. The summed E-state index contributed by atoms with van der Waals surface area (Å²) in [6.07, 6.45) is 7.33. The van der Waals surface area contributed by atoms with E-state index in [1.54, 1.807) is 0 Å². The van der Waals surface area contributed by atoms with Crippen molar-refractivity contribution >= 4 is 5.78 Å². The summed E-state index contributed by atoms with van der Waals surface area (Å²) < 4.78 is 5.90. The third kappa shape index (κ3) is 5.07. The van der Waals surface area contributed by atoms with Crippen molar-refractivity contribution in [1.82, 2.24) is 4.90 Å². The van der Waals surface area contributed by atoms with Gasteiger partial charge in [0.1, 0.15) is 11.5 Å². The number of ether oxygens (including phenoxy) is 1. The van der Waals surface area contributed by atoms with Gasteiger partial charge in [0.05, 0.1) is 6.61 Å². The maximum Gasteiger partial charge on any atom is 0.132 e. The van der Waals surface area contributed by atoms with Gasteiger partial charge in [-0.15, -0.1) is 0 Å². The van der Waals surface area contributed by atoms with Gasteiger partial charge in [0.15, 0.2) is 0 Å². The first-order valence-electron chi connectivity index (χ1n) is 9.67. The van der Waals surface area contributed by atoms with Crippen molar-refractivity contribution in [1.29, 1.82) is 0 Å². The Balaban J connectivity index is 1.37. The van der Waals surface area contributed by atoms with Gasteiger partial charge in [-0.2, -0.15) is 0 Å². The highest BCUT2D eigenvalue weighted by Gasteiger charge is 2.20. The summed E-state index contributed by atoms with van der Waals surface area (Å²) in [7, 11) is 0. The van der Waals surface area contributed by atoms with Gasteiger partial charge in [-0.25, -0.2) is 0 Å². The molecule has 1 saturated heterocycles. The lowest BCUT2D eigenvalue weighted by atomic mass is 9.83. The van der Waals surface area contributed by atoms with E-state index in [-0.39, 0.29) is 0 Å². The van der Waals surface area contributed by atoms with Crippen LogP contribution in [0, 0.1) is 5.92 Å². The minimum absolute atomic E-state index is 0.425. The molecule has 0 radical (unpaired) electrons. The molecule has 3 nitrogen and oxygen atoms in total. The molecule has 0 aromatic heterocycles. The lowest BCUT2D eigenvalue weighted by Crippen LogP contribution is -2.35. The van der Waals surface area contributed by atoms with Crippen molar-refractivity contribution in [3.8, 4) is 5.75 Å². The number of benzene rings is 1. The van der Waals surface area contributed by atoms with Crippen molar-refractivity contribution in [3.63, 3.8) is 0 Å². The number of ketones is 1.